The topological polar surface area (TPSA) is 15.3 Å². The number of hydrogen-bond donors (Lipinski definition) is 1. The van der Waals surface area contributed by atoms with Crippen molar-refractivity contribution in [2.24, 2.45) is 0 Å². The lowest BCUT2D eigenvalue weighted by molar-refractivity contribution is 0.297. The highest BCUT2D eigenvalue weighted by Crippen LogP contribution is 2.10. The van der Waals surface area contributed by atoms with E-state index in [2.05, 4.69) is 23.4 Å². The highest BCUT2D eigenvalue weighted by atomic mass is 32.2. The average molecular weight is 216 g/mol. The molecule has 1 unspecified atom stereocenters. The highest BCUT2D eigenvalue weighted by molar-refractivity contribution is 7.98. The van der Waals surface area contributed by atoms with Crippen LogP contribution in [-0.2, 0) is 0 Å². The predicted octanol–water partition coefficient (Wildman–Crippen LogP) is 1.81. The highest BCUT2D eigenvalue weighted by Gasteiger charge is 2.14. The van der Waals surface area contributed by atoms with Crippen molar-refractivity contribution in [3.8, 4) is 0 Å². The first-order chi connectivity index (χ1) is 6.86. The fraction of sp³-hybridized carbons (Fsp3) is 1.00. The molecule has 0 saturated carbocycles. The van der Waals surface area contributed by atoms with Crippen molar-refractivity contribution in [3.63, 3.8) is 0 Å². The maximum atomic E-state index is 3.66. The first-order valence-electron chi connectivity index (χ1n) is 5.81. The van der Waals surface area contributed by atoms with Crippen LogP contribution in [0.15, 0.2) is 0 Å². The Morgan fingerprint density at radius 1 is 1.36 bits per heavy atom. The van der Waals surface area contributed by atoms with Crippen molar-refractivity contribution in [1.29, 1.82) is 0 Å². The van der Waals surface area contributed by atoms with E-state index in [0.29, 0.717) is 0 Å². The quantitative estimate of drug-likeness (QED) is 0.706. The molecule has 0 aromatic carbocycles. The third-order valence-electron chi connectivity index (χ3n) is 3.01. The molecule has 1 heterocycles. The van der Waals surface area contributed by atoms with E-state index >= 15 is 0 Å². The Labute approximate surface area is 92.8 Å². The van der Waals surface area contributed by atoms with E-state index < -0.39 is 0 Å². The second-order valence-electron chi connectivity index (χ2n) is 4.01. The van der Waals surface area contributed by atoms with E-state index in [1.807, 2.05) is 11.8 Å². The second-order valence-corrected chi connectivity index (χ2v) is 4.99. The zero-order valence-corrected chi connectivity index (χ0v) is 10.4. The van der Waals surface area contributed by atoms with Gasteiger partial charge in [0.25, 0.3) is 0 Å². The normalized spacial score (nSPS) is 24.9. The predicted molar refractivity (Wildman–Crippen MR) is 66.1 cm³/mol. The molecule has 0 aromatic rings. The van der Waals surface area contributed by atoms with Gasteiger partial charge in [-0.2, -0.15) is 11.8 Å². The number of nitrogens with zero attached hydrogens (tertiary/aromatic N) is 1. The van der Waals surface area contributed by atoms with Crippen LogP contribution in [0.1, 0.15) is 26.2 Å². The largest absolute Gasteiger partial charge is 0.313 e. The first kappa shape index (κ1) is 12.3. The molecule has 1 N–H and O–H groups in total. The summed E-state index contributed by atoms with van der Waals surface area (Å²) in [5.41, 5.74) is 0. The standard InChI is InChI=1S/C11H24N2S/c1-3-13-8-4-5-11(6-9-13)12-7-10-14-2/h11-12H,3-10H2,1-2H3. The number of likely N-dealkylation sites (tertiary alicyclic amines) is 1. The average Bonchev–Trinajstić information content (AvgIpc) is 2.43. The van der Waals surface area contributed by atoms with Crippen LogP contribution in [0.3, 0.4) is 0 Å². The fourth-order valence-electron chi connectivity index (χ4n) is 2.04. The molecule has 0 aliphatic carbocycles. The van der Waals surface area contributed by atoms with Gasteiger partial charge in [-0.1, -0.05) is 6.92 Å². The van der Waals surface area contributed by atoms with Crippen LogP contribution in [0, 0.1) is 0 Å². The van der Waals surface area contributed by atoms with Crippen LogP contribution in [0.5, 0.6) is 0 Å². The van der Waals surface area contributed by atoms with Crippen LogP contribution in [0.2, 0.25) is 0 Å². The van der Waals surface area contributed by atoms with E-state index in [9.17, 15) is 0 Å². The number of hydrogen-bond acceptors (Lipinski definition) is 3. The molecule has 2 nitrogen and oxygen atoms in total. The SMILES string of the molecule is CCN1CCCC(NCCSC)CC1. The van der Waals surface area contributed by atoms with Gasteiger partial charge in [-0.05, 0) is 45.2 Å². The molecular formula is C11H24N2S. The lowest BCUT2D eigenvalue weighted by atomic mass is 10.1. The van der Waals surface area contributed by atoms with Crippen molar-refractivity contribution in [2.45, 2.75) is 32.2 Å². The maximum Gasteiger partial charge on any atom is 0.00800 e. The molecule has 1 aliphatic rings. The van der Waals surface area contributed by atoms with E-state index in [1.54, 1.807) is 0 Å². The molecule has 1 atom stereocenters. The van der Waals surface area contributed by atoms with Gasteiger partial charge in [0, 0.05) is 18.3 Å². The Kier molecular flexibility index (Phi) is 6.65. The van der Waals surface area contributed by atoms with Gasteiger partial charge >= 0.3 is 0 Å². The molecule has 14 heavy (non-hydrogen) atoms. The summed E-state index contributed by atoms with van der Waals surface area (Å²) in [4.78, 5) is 2.57. The molecule has 0 amide bonds. The summed E-state index contributed by atoms with van der Waals surface area (Å²) in [5, 5.41) is 3.66. The summed E-state index contributed by atoms with van der Waals surface area (Å²) in [5.74, 6) is 1.24. The monoisotopic (exact) mass is 216 g/mol. The van der Waals surface area contributed by atoms with E-state index in [0.717, 1.165) is 6.04 Å². The summed E-state index contributed by atoms with van der Waals surface area (Å²) in [6, 6.07) is 0.777. The van der Waals surface area contributed by atoms with Gasteiger partial charge in [-0.15, -0.1) is 0 Å². The fourth-order valence-corrected chi connectivity index (χ4v) is 2.36. The van der Waals surface area contributed by atoms with Crippen LogP contribution in [0.4, 0.5) is 0 Å². The maximum absolute atomic E-state index is 3.66. The summed E-state index contributed by atoms with van der Waals surface area (Å²) in [7, 11) is 0. The number of rotatable bonds is 5. The van der Waals surface area contributed by atoms with Crippen LogP contribution >= 0.6 is 11.8 Å². The summed E-state index contributed by atoms with van der Waals surface area (Å²) in [6.45, 7) is 7.25. The number of nitrogens with one attached hydrogen (secondary N) is 1. The molecule has 0 spiro atoms. The third kappa shape index (κ3) is 4.67. The van der Waals surface area contributed by atoms with E-state index in [4.69, 9.17) is 0 Å². The Hall–Kier alpha value is 0.270. The molecule has 1 aliphatic heterocycles. The summed E-state index contributed by atoms with van der Waals surface area (Å²) >= 11 is 1.93. The minimum atomic E-state index is 0.777. The lowest BCUT2D eigenvalue weighted by Gasteiger charge is -2.18. The summed E-state index contributed by atoms with van der Waals surface area (Å²) in [6.07, 6.45) is 6.24. The molecule has 0 radical (unpaired) electrons. The zero-order valence-electron chi connectivity index (χ0n) is 9.59. The molecule has 1 saturated heterocycles. The molecule has 84 valence electrons. The lowest BCUT2D eigenvalue weighted by Crippen LogP contribution is -2.32. The zero-order chi connectivity index (χ0) is 10.2. The summed E-state index contributed by atoms with van der Waals surface area (Å²) < 4.78 is 0. The third-order valence-corrected chi connectivity index (χ3v) is 3.62. The van der Waals surface area contributed by atoms with E-state index in [1.165, 1.54) is 51.2 Å². The van der Waals surface area contributed by atoms with Crippen molar-refractivity contribution in [3.05, 3.63) is 0 Å². The van der Waals surface area contributed by atoms with Gasteiger partial charge < -0.3 is 10.2 Å². The van der Waals surface area contributed by atoms with Crippen molar-refractivity contribution < 1.29 is 0 Å². The van der Waals surface area contributed by atoms with Crippen molar-refractivity contribution in [2.75, 3.05) is 38.2 Å². The van der Waals surface area contributed by atoms with Crippen molar-refractivity contribution >= 4 is 11.8 Å². The molecule has 1 rings (SSSR count). The van der Waals surface area contributed by atoms with Gasteiger partial charge in [0.05, 0.1) is 0 Å². The minimum absolute atomic E-state index is 0.777. The molecule has 0 bridgehead atoms. The van der Waals surface area contributed by atoms with E-state index in [-0.39, 0.29) is 0 Å². The molecule has 0 aromatic heterocycles. The van der Waals surface area contributed by atoms with Gasteiger partial charge in [0.1, 0.15) is 0 Å². The Balaban J connectivity index is 2.14. The van der Waals surface area contributed by atoms with Crippen LogP contribution in [0.25, 0.3) is 0 Å². The molecule has 3 heteroatoms. The second kappa shape index (κ2) is 7.55. The van der Waals surface area contributed by atoms with Gasteiger partial charge in [0.15, 0.2) is 0 Å². The first-order valence-corrected chi connectivity index (χ1v) is 7.21. The van der Waals surface area contributed by atoms with Crippen LogP contribution < -0.4 is 5.32 Å². The van der Waals surface area contributed by atoms with Gasteiger partial charge in [-0.3, -0.25) is 0 Å². The van der Waals surface area contributed by atoms with Crippen LogP contribution in [-0.4, -0.2) is 49.1 Å². The Morgan fingerprint density at radius 2 is 2.21 bits per heavy atom. The Bertz CT molecular complexity index is 141. The smallest absolute Gasteiger partial charge is 0.00800 e. The molecular weight excluding hydrogens is 192 g/mol. The number of thioether (sulfide) groups is 1. The minimum Gasteiger partial charge on any atom is -0.313 e. The molecule has 1 fully saturated rings. The Morgan fingerprint density at radius 3 is 2.93 bits per heavy atom. The van der Waals surface area contributed by atoms with Gasteiger partial charge in [0.2, 0.25) is 0 Å². The van der Waals surface area contributed by atoms with Crippen molar-refractivity contribution in [1.82, 2.24) is 10.2 Å². The van der Waals surface area contributed by atoms with Gasteiger partial charge in [-0.25, -0.2) is 0 Å².